The molecule has 6 heteroatoms. The summed E-state index contributed by atoms with van der Waals surface area (Å²) in [5.41, 5.74) is 2.95. The molecule has 1 aromatic heterocycles. The molecule has 0 fully saturated rings. The van der Waals surface area contributed by atoms with Gasteiger partial charge in [-0.1, -0.05) is 48.5 Å². The van der Waals surface area contributed by atoms with Crippen LogP contribution in [0.5, 0.6) is 0 Å². The number of carbonyl (C=O) groups is 1. The van der Waals surface area contributed by atoms with E-state index in [2.05, 4.69) is 9.97 Å². The summed E-state index contributed by atoms with van der Waals surface area (Å²) in [6, 6.07) is 24.5. The highest BCUT2D eigenvalue weighted by atomic mass is 16.2. The Kier molecular flexibility index (Phi) is 5.80. The quantitative estimate of drug-likeness (QED) is 0.523. The van der Waals surface area contributed by atoms with Gasteiger partial charge in [0.2, 0.25) is 0 Å². The zero-order valence-corrected chi connectivity index (χ0v) is 17.6. The van der Waals surface area contributed by atoms with Crippen molar-refractivity contribution in [2.24, 2.45) is 0 Å². The summed E-state index contributed by atoms with van der Waals surface area (Å²) in [6.45, 7) is 0.600. The number of nitrogens with one attached hydrogen (secondary N) is 1. The third-order valence-electron chi connectivity index (χ3n) is 5.12. The van der Waals surface area contributed by atoms with Gasteiger partial charge in [-0.2, -0.15) is 0 Å². The number of amides is 1. The number of aromatic nitrogens is 2. The minimum Gasteiger partial charge on any atom is -0.378 e. The molecule has 6 nitrogen and oxygen atoms in total. The summed E-state index contributed by atoms with van der Waals surface area (Å²) in [4.78, 5) is 37.0. The molecule has 0 saturated carbocycles. The van der Waals surface area contributed by atoms with Gasteiger partial charge in [-0.15, -0.1) is 0 Å². The van der Waals surface area contributed by atoms with Crippen LogP contribution in [0.15, 0.2) is 83.7 Å². The molecule has 0 saturated heterocycles. The third-order valence-corrected chi connectivity index (χ3v) is 5.12. The van der Waals surface area contributed by atoms with Gasteiger partial charge in [-0.25, -0.2) is 4.98 Å². The Bertz CT molecular complexity index is 1270. The van der Waals surface area contributed by atoms with Crippen molar-refractivity contribution in [3.63, 3.8) is 0 Å². The summed E-state index contributed by atoms with van der Waals surface area (Å²) >= 11 is 0. The predicted octanol–water partition coefficient (Wildman–Crippen LogP) is 3.83. The fourth-order valence-electron chi connectivity index (χ4n) is 3.49. The molecule has 0 bridgehead atoms. The lowest BCUT2D eigenvalue weighted by molar-refractivity contribution is 0.0725. The SMILES string of the molecule is CN(C)c1cccc(C(=O)N(Cc2ccccc2)Cc2nc3ccccc3c(=O)[nH]2)c1. The lowest BCUT2D eigenvalue weighted by Gasteiger charge is -2.23. The highest BCUT2D eigenvalue weighted by Crippen LogP contribution is 2.18. The van der Waals surface area contributed by atoms with Crippen LogP contribution in [0.4, 0.5) is 5.69 Å². The minimum atomic E-state index is -0.206. The third kappa shape index (κ3) is 4.64. The normalized spacial score (nSPS) is 10.8. The first-order chi connectivity index (χ1) is 15.0. The van der Waals surface area contributed by atoms with Crippen molar-refractivity contribution in [1.82, 2.24) is 14.9 Å². The number of hydrogen-bond donors (Lipinski definition) is 1. The number of aromatic amines is 1. The summed E-state index contributed by atoms with van der Waals surface area (Å²) in [5.74, 6) is 0.333. The van der Waals surface area contributed by atoms with Crippen molar-refractivity contribution in [3.8, 4) is 0 Å². The van der Waals surface area contributed by atoms with Gasteiger partial charge in [0.15, 0.2) is 0 Å². The molecule has 0 spiro atoms. The Labute approximate surface area is 180 Å². The minimum absolute atomic E-state index is 0.122. The van der Waals surface area contributed by atoms with E-state index in [1.54, 1.807) is 17.0 Å². The van der Waals surface area contributed by atoms with Crippen LogP contribution < -0.4 is 10.5 Å². The second-order valence-corrected chi connectivity index (χ2v) is 7.62. The van der Waals surface area contributed by atoms with E-state index in [1.807, 2.05) is 85.7 Å². The van der Waals surface area contributed by atoms with Crippen molar-refractivity contribution in [1.29, 1.82) is 0 Å². The van der Waals surface area contributed by atoms with Gasteiger partial charge in [0, 0.05) is 31.9 Å². The number of benzene rings is 3. The first-order valence-electron chi connectivity index (χ1n) is 10.1. The number of carbonyl (C=O) groups excluding carboxylic acids is 1. The van der Waals surface area contributed by atoms with E-state index in [1.165, 1.54) is 0 Å². The molecule has 3 aromatic carbocycles. The van der Waals surface area contributed by atoms with Crippen LogP contribution in [-0.4, -0.2) is 34.9 Å². The largest absolute Gasteiger partial charge is 0.378 e. The number of anilines is 1. The number of nitrogens with zero attached hydrogens (tertiary/aromatic N) is 3. The van der Waals surface area contributed by atoms with E-state index in [-0.39, 0.29) is 18.0 Å². The Morgan fingerprint density at radius 3 is 2.42 bits per heavy atom. The molecule has 0 radical (unpaired) electrons. The van der Waals surface area contributed by atoms with Crippen LogP contribution in [0.3, 0.4) is 0 Å². The molecule has 0 aliphatic rings. The van der Waals surface area contributed by atoms with Crippen LogP contribution >= 0.6 is 0 Å². The summed E-state index contributed by atoms with van der Waals surface area (Å²) < 4.78 is 0. The van der Waals surface area contributed by atoms with E-state index in [9.17, 15) is 9.59 Å². The first kappa shape index (κ1) is 20.3. The molecule has 31 heavy (non-hydrogen) atoms. The smallest absolute Gasteiger partial charge is 0.258 e. The number of para-hydroxylation sites is 1. The average Bonchev–Trinajstić information content (AvgIpc) is 2.79. The fourth-order valence-corrected chi connectivity index (χ4v) is 3.49. The highest BCUT2D eigenvalue weighted by Gasteiger charge is 2.19. The number of rotatable bonds is 6. The van der Waals surface area contributed by atoms with Gasteiger partial charge in [-0.3, -0.25) is 9.59 Å². The molecule has 0 unspecified atom stereocenters. The Hall–Kier alpha value is -3.93. The maximum atomic E-state index is 13.5. The molecule has 1 amide bonds. The number of H-pyrrole nitrogens is 1. The van der Waals surface area contributed by atoms with E-state index in [0.29, 0.717) is 28.8 Å². The van der Waals surface area contributed by atoms with E-state index >= 15 is 0 Å². The first-order valence-corrected chi connectivity index (χ1v) is 10.1. The molecule has 156 valence electrons. The molecular formula is C25H24N4O2. The van der Waals surface area contributed by atoms with Crippen LogP contribution in [0.2, 0.25) is 0 Å². The molecule has 4 aromatic rings. The fraction of sp³-hybridized carbons (Fsp3) is 0.160. The molecule has 4 rings (SSSR count). The second kappa shape index (κ2) is 8.83. The predicted molar refractivity (Wildman–Crippen MR) is 123 cm³/mol. The maximum absolute atomic E-state index is 13.5. The van der Waals surface area contributed by atoms with Crippen molar-refractivity contribution in [2.75, 3.05) is 19.0 Å². The molecule has 1 heterocycles. The molecule has 1 N–H and O–H groups in total. The standard InChI is InChI=1S/C25H24N4O2/c1-28(2)20-12-8-11-19(15-20)25(31)29(16-18-9-4-3-5-10-18)17-23-26-22-14-7-6-13-21(22)24(30)27-23/h3-15H,16-17H2,1-2H3,(H,26,27,30). The van der Waals surface area contributed by atoms with Gasteiger partial charge in [-0.05, 0) is 35.9 Å². The molecule has 0 aliphatic heterocycles. The monoisotopic (exact) mass is 412 g/mol. The second-order valence-electron chi connectivity index (χ2n) is 7.62. The summed E-state index contributed by atoms with van der Waals surface area (Å²) in [5, 5.41) is 0.533. The average molecular weight is 412 g/mol. The van der Waals surface area contributed by atoms with Crippen LogP contribution in [0, 0.1) is 0 Å². The van der Waals surface area contributed by atoms with Crippen LogP contribution in [-0.2, 0) is 13.1 Å². The summed E-state index contributed by atoms with van der Waals surface area (Å²) in [6.07, 6.45) is 0. The highest BCUT2D eigenvalue weighted by molar-refractivity contribution is 5.95. The van der Waals surface area contributed by atoms with Crippen molar-refractivity contribution >= 4 is 22.5 Å². The Balaban J connectivity index is 1.70. The van der Waals surface area contributed by atoms with Gasteiger partial charge in [0.25, 0.3) is 11.5 Å². The van der Waals surface area contributed by atoms with Gasteiger partial charge in [0.1, 0.15) is 5.82 Å². The zero-order valence-electron chi connectivity index (χ0n) is 17.6. The van der Waals surface area contributed by atoms with Crippen LogP contribution in [0.1, 0.15) is 21.7 Å². The van der Waals surface area contributed by atoms with Crippen LogP contribution in [0.25, 0.3) is 10.9 Å². The lowest BCUT2D eigenvalue weighted by Crippen LogP contribution is -2.32. The summed E-state index contributed by atoms with van der Waals surface area (Å²) in [7, 11) is 3.88. The zero-order chi connectivity index (χ0) is 21.8. The van der Waals surface area contributed by atoms with Crippen molar-refractivity contribution in [3.05, 3.63) is 106 Å². The lowest BCUT2D eigenvalue weighted by atomic mass is 10.1. The van der Waals surface area contributed by atoms with Gasteiger partial charge in [0.05, 0.1) is 17.4 Å². The Morgan fingerprint density at radius 2 is 1.65 bits per heavy atom. The van der Waals surface area contributed by atoms with Crippen molar-refractivity contribution in [2.45, 2.75) is 13.1 Å². The molecule has 0 atom stereocenters. The van der Waals surface area contributed by atoms with E-state index < -0.39 is 0 Å². The Morgan fingerprint density at radius 1 is 0.903 bits per heavy atom. The van der Waals surface area contributed by atoms with Crippen molar-refractivity contribution < 1.29 is 4.79 Å². The van der Waals surface area contributed by atoms with Gasteiger partial charge >= 0.3 is 0 Å². The topological polar surface area (TPSA) is 69.3 Å². The molecule has 0 aliphatic carbocycles. The number of hydrogen-bond acceptors (Lipinski definition) is 4. The van der Waals surface area contributed by atoms with E-state index in [0.717, 1.165) is 11.3 Å². The maximum Gasteiger partial charge on any atom is 0.258 e. The van der Waals surface area contributed by atoms with E-state index in [4.69, 9.17) is 0 Å². The van der Waals surface area contributed by atoms with Gasteiger partial charge < -0.3 is 14.8 Å². The number of fused-ring (bicyclic) bond motifs is 1. The molecular weight excluding hydrogens is 388 g/mol.